The average molecular weight is 281 g/mol. The van der Waals surface area contributed by atoms with Gasteiger partial charge in [-0.25, -0.2) is 0 Å². The summed E-state index contributed by atoms with van der Waals surface area (Å²) in [6.07, 6.45) is -0.140. The van der Waals surface area contributed by atoms with Gasteiger partial charge in [-0.15, -0.1) is 0 Å². The summed E-state index contributed by atoms with van der Waals surface area (Å²) >= 11 is 0. The second-order valence-electron chi connectivity index (χ2n) is 5.74. The first-order valence-corrected chi connectivity index (χ1v) is 7.18. The number of hydrogen-bond donors (Lipinski definition) is 3. The molecule has 1 aromatic rings. The van der Waals surface area contributed by atoms with Gasteiger partial charge in [0.25, 0.3) is 0 Å². The van der Waals surface area contributed by atoms with Crippen LogP contribution in [0.25, 0.3) is 0 Å². The first-order valence-electron chi connectivity index (χ1n) is 7.18. The van der Waals surface area contributed by atoms with Crippen molar-refractivity contribution in [1.82, 2.24) is 5.32 Å². The van der Waals surface area contributed by atoms with Gasteiger partial charge in [-0.05, 0) is 44.9 Å². The lowest BCUT2D eigenvalue weighted by atomic mass is 9.99. The first-order chi connectivity index (χ1) is 9.35. The molecule has 0 amide bonds. The van der Waals surface area contributed by atoms with Crippen molar-refractivity contribution in [2.75, 3.05) is 13.2 Å². The van der Waals surface area contributed by atoms with Crippen molar-refractivity contribution < 1.29 is 14.9 Å². The lowest BCUT2D eigenvalue weighted by Crippen LogP contribution is -2.51. The molecule has 0 saturated heterocycles. The van der Waals surface area contributed by atoms with Crippen molar-refractivity contribution in [2.45, 2.75) is 51.9 Å². The molecule has 0 bridgehead atoms. The molecule has 20 heavy (non-hydrogen) atoms. The second-order valence-corrected chi connectivity index (χ2v) is 5.74. The third-order valence-electron chi connectivity index (χ3n) is 3.59. The Kier molecular flexibility index (Phi) is 6.46. The summed E-state index contributed by atoms with van der Waals surface area (Å²) < 4.78 is 5.58. The number of ether oxygens (including phenoxy) is 1. The van der Waals surface area contributed by atoms with E-state index in [9.17, 15) is 10.2 Å². The number of β-amino-alcohol motifs (C(OH)–C–C–N with tert-alkyl or cyclic N) is 1. The van der Waals surface area contributed by atoms with E-state index in [0.717, 1.165) is 12.2 Å². The van der Waals surface area contributed by atoms with Crippen LogP contribution >= 0.6 is 0 Å². The smallest absolute Gasteiger partial charge is 0.119 e. The molecule has 0 fully saturated rings. The monoisotopic (exact) mass is 281 g/mol. The maximum atomic E-state index is 9.91. The summed E-state index contributed by atoms with van der Waals surface area (Å²) in [5.41, 5.74) is 0.786. The fourth-order valence-corrected chi connectivity index (χ4v) is 1.64. The van der Waals surface area contributed by atoms with Gasteiger partial charge in [-0.3, -0.25) is 0 Å². The number of aryl methyl sites for hydroxylation is 1. The van der Waals surface area contributed by atoms with Crippen molar-refractivity contribution in [3.63, 3.8) is 0 Å². The van der Waals surface area contributed by atoms with Gasteiger partial charge in [0, 0.05) is 12.1 Å². The molecular weight excluding hydrogens is 254 g/mol. The predicted molar refractivity (Wildman–Crippen MR) is 81.1 cm³/mol. The molecule has 4 nitrogen and oxygen atoms in total. The Bertz CT molecular complexity index is 404. The second kappa shape index (κ2) is 7.62. The van der Waals surface area contributed by atoms with E-state index in [-0.39, 0.29) is 6.61 Å². The van der Waals surface area contributed by atoms with Gasteiger partial charge in [0.15, 0.2) is 0 Å². The van der Waals surface area contributed by atoms with E-state index >= 15 is 0 Å². The van der Waals surface area contributed by atoms with Crippen LogP contribution in [0.15, 0.2) is 24.3 Å². The Morgan fingerprint density at radius 3 is 2.60 bits per heavy atom. The standard InChI is InChI=1S/C16H27NO3/c1-5-13-7-6-8-15(9-13)20-11-14(19)10-17-16(3,4)12(2)18/h6-9,12,14,17-19H,5,10-11H2,1-4H3. The molecule has 0 saturated carbocycles. The molecule has 0 spiro atoms. The van der Waals surface area contributed by atoms with Gasteiger partial charge in [0.2, 0.25) is 0 Å². The molecule has 114 valence electrons. The third-order valence-corrected chi connectivity index (χ3v) is 3.59. The fourth-order valence-electron chi connectivity index (χ4n) is 1.64. The minimum atomic E-state index is -0.613. The highest BCUT2D eigenvalue weighted by Crippen LogP contribution is 2.14. The molecular formula is C16H27NO3. The molecule has 1 rings (SSSR count). The van der Waals surface area contributed by atoms with Crippen LogP contribution < -0.4 is 10.1 Å². The van der Waals surface area contributed by atoms with E-state index in [1.54, 1.807) is 6.92 Å². The normalized spacial score (nSPS) is 14.9. The molecule has 1 aromatic carbocycles. The van der Waals surface area contributed by atoms with E-state index in [1.165, 1.54) is 5.56 Å². The zero-order chi connectivity index (χ0) is 15.2. The number of aliphatic hydroxyl groups is 2. The molecule has 0 aliphatic heterocycles. The van der Waals surface area contributed by atoms with E-state index in [2.05, 4.69) is 18.3 Å². The highest BCUT2D eigenvalue weighted by molar-refractivity contribution is 5.28. The van der Waals surface area contributed by atoms with Crippen LogP contribution in [0, 0.1) is 0 Å². The average Bonchev–Trinajstić information content (AvgIpc) is 2.43. The summed E-state index contributed by atoms with van der Waals surface area (Å²) in [6.45, 7) is 8.23. The number of benzene rings is 1. The summed E-state index contributed by atoms with van der Waals surface area (Å²) in [4.78, 5) is 0. The Balaban J connectivity index is 2.38. The van der Waals surface area contributed by atoms with Crippen molar-refractivity contribution in [1.29, 1.82) is 0 Å². The third kappa shape index (κ3) is 5.49. The van der Waals surface area contributed by atoms with Crippen molar-refractivity contribution >= 4 is 0 Å². The highest BCUT2D eigenvalue weighted by atomic mass is 16.5. The predicted octanol–water partition coefficient (Wildman–Crippen LogP) is 1.74. The molecule has 4 heteroatoms. The molecule has 0 radical (unpaired) electrons. The summed E-state index contributed by atoms with van der Waals surface area (Å²) in [5.74, 6) is 0.776. The minimum absolute atomic E-state index is 0.232. The molecule has 3 N–H and O–H groups in total. The van der Waals surface area contributed by atoms with Crippen LogP contribution in [0.5, 0.6) is 5.75 Å². The Labute approximate surface area is 121 Å². The fraction of sp³-hybridized carbons (Fsp3) is 0.625. The number of nitrogens with one attached hydrogen (secondary N) is 1. The topological polar surface area (TPSA) is 61.7 Å². The van der Waals surface area contributed by atoms with Crippen LogP contribution in [-0.2, 0) is 6.42 Å². The lowest BCUT2D eigenvalue weighted by Gasteiger charge is -2.30. The number of aliphatic hydroxyl groups excluding tert-OH is 2. The van der Waals surface area contributed by atoms with Crippen LogP contribution in [-0.4, -0.2) is 41.1 Å². The molecule has 0 heterocycles. The van der Waals surface area contributed by atoms with Gasteiger partial charge < -0.3 is 20.3 Å². The largest absolute Gasteiger partial charge is 0.491 e. The lowest BCUT2D eigenvalue weighted by molar-refractivity contribution is 0.0648. The van der Waals surface area contributed by atoms with Crippen LogP contribution in [0.1, 0.15) is 33.3 Å². The molecule has 0 aromatic heterocycles. The van der Waals surface area contributed by atoms with Crippen molar-refractivity contribution in [2.24, 2.45) is 0 Å². The van der Waals surface area contributed by atoms with Crippen molar-refractivity contribution in [3.05, 3.63) is 29.8 Å². The highest BCUT2D eigenvalue weighted by Gasteiger charge is 2.24. The van der Waals surface area contributed by atoms with E-state index in [1.807, 2.05) is 32.0 Å². The molecule has 0 aliphatic rings. The van der Waals surface area contributed by atoms with Crippen LogP contribution in [0.4, 0.5) is 0 Å². The van der Waals surface area contributed by atoms with Crippen LogP contribution in [0.3, 0.4) is 0 Å². The van der Waals surface area contributed by atoms with Crippen molar-refractivity contribution in [3.8, 4) is 5.75 Å². The quantitative estimate of drug-likeness (QED) is 0.679. The van der Waals surface area contributed by atoms with Gasteiger partial charge in [-0.2, -0.15) is 0 Å². The SMILES string of the molecule is CCc1cccc(OCC(O)CNC(C)(C)C(C)O)c1. The van der Waals surface area contributed by atoms with E-state index < -0.39 is 17.7 Å². The van der Waals surface area contributed by atoms with E-state index in [0.29, 0.717) is 6.54 Å². The van der Waals surface area contributed by atoms with Gasteiger partial charge in [0.05, 0.1) is 6.10 Å². The Morgan fingerprint density at radius 1 is 1.30 bits per heavy atom. The Morgan fingerprint density at radius 2 is 2.00 bits per heavy atom. The van der Waals surface area contributed by atoms with Gasteiger partial charge in [0.1, 0.15) is 18.5 Å². The summed E-state index contributed by atoms with van der Waals surface area (Å²) in [7, 11) is 0. The number of rotatable bonds is 8. The molecule has 2 atom stereocenters. The van der Waals surface area contributed by atoms with Crippen LogP contribution in [0.2, 0.25) is 0 Å². The zero-order valence-corrected chi connectivity index (χ0v) is 12.9. The minimum Gasteiger partial charge on any atom is -0.491 e. The maximum absolute atomic E-state index is 9.91. The van der Waals surface area contributed by atoms with Gasteiger partial charge >= 0.3 is 0 Å². The summed E-state index contributed by atoms with van der Waals surface area (Å²) in [6, 6.07) is 7.88. The zero-order valence-electron chi connectivity index (χ0n) is 12.9. The van der Waals surface area contributed by atoms with E-state index in [4.69, 9.17) is 4.74 Å². The van der Waals surface area contributed by atoms with Gasteiger partial charge in [-0.1, -0.05) is 19.1 Å². The Hall–Kier alpha value is -1.10. The molecule has 0 aliphatic carbocycles. The summed E-state index contributed by atoms with van der Waals surface area (Å²) in [5, 5.41) is 22.6. The first kappa shape index (κ1) is 17.0. The maximum Gasteiger partial charge on any atom is 0.119 e. The molecule has 2 unspecified atom stereocenters. The number of hydrogen-bond acceptors (Lipinski definition) is 4.